The van der Waals surface area contributed by atoms with E-state index < -0.39 is 5.31 Å². The van der Waals surface area contributed by atoms with Crippen molar-refractivity contribution in [2.45, 2.75) is 6.16 Å². The van der Waals surface area contributed by atoms with Gasteiger partial charge in [-0.2, -0.15) is 0 Å². The molecule has 0 saturated carbocycles. The van der Waals surface area contributed by atoms with Gasteiger partial charge in [0.1, 0.15) is 0 Å². The Hall–Kier alpha value is -1.25. The van der Waals surface area contributed by atoms with Crippen LogP contribution in [0.2, 0.25) is 0 Å². The molecule has 0 amide bonds. The Morgan fingerprint density at radius 1 is 0.517 bits per heavy atom. The van der Waals surface area contributed by atoms with Gasteiger partial charge in [-0.05, 0) is 0 Å². The van der Waals surface area contributed by atoms with Crippen molar-refractivity contribution in [1.82, 2.24) is 0 Å². The van der Waals surface area contributed by atoms with Crippen LogP contribution in [-0.4, -0.2) is 0 Å². The standard InChI is InChI=1S/C25H20Br3P/c26-21-16-20(17-22(27)18-21)19-29(28,23-10-4-1-5-11-23,24-12-6-2-7-13-24)25-14-8-3-9-15-25/h1-18H,19H2. The number of rotatable bonds is 5. The molecule has 0 atom stereocenters. The van der Waals surface area contributed by atoms with Gasteiger partial charge in [0.15, 0.2) is 0 Å². The Morgan fingerprint density at radius 3 is 1.21 bits per heavy atom. The molecule has 0 heterocycles. The third-order valence-corrected chi connectivity index (χ3v) is 15.7. The fourth-order valence-electron chi connectivity index (χ4n) is 3.98. The van der Waals surface area contributed by atoms with Gasteiger partial charge >= 0.3 is 198 Å². The zero-order valence-corrected chi connectivity index (χ0v) is 21.3. The van der Waals surface area contributed by atoms with Gasteiger partial charge in [-0.3, -0.25) is 0 Å². The summed E-state index contributed by atoms with van der Waals surface area (Å²) in [4.78, 5) is 0. The summed E-state index contributed by atoms with van der Waals surface area (Å²) in [6.07, 6.45) is 0.877. The van der Waals surface area contributed by atoms with Crippen molar-refractivity contribution in [3.05, 3.63) is 124 Å². The summed E-state index contributed by atoms with van der Waals surface area (Å²) in [5.74, 6) is 0. The number of hydrogen-bond acceptors (Lipinski definition) is 0. The fraction of sp³-hybridized carbons (Fsp3) is 0.0400. The van der Waals surface area contributed by atoms with E-state index >= 15 is 0 Å². The van der Waals surface area contributed by atoms with Gasteiger partial charge in [0.25, 0.3) is 0 Å². The van der Waals surface area contributed by atoms with Gasteiger partial charge in [0, 0.05) is 0 Å². The van der Waals surface area contributed by atoms with E-state index in [0.29, 0.717) is 0 Å². The molecule has 0 aliphatic carbocycles. The zero-order valence-electron chi connectivity index (χ0n) is 15.7. The summed E-state index contributed by atoms with van der Waals surface area (Å²) in [5.41, 5.74) is 1.28. The van der Waals surface area contributed by atoms with Gasteiger partial charge in [-0.1, -0.05) is 0 Å². The maximum absolute atomic E-state index is 4.50. The summed E-state index contributed by atoms with van der Waals surface area (Å²) in [7, 11) is 0. The topological polar surface area (TPSA) is 0 Å². The van der Waals surface area contributed by atoms with E-state index in [-0.39, 0.29) is 0 Å². The van der Waals surface area contributed by atoms with Crippen molar-refractivity contribution in [3.63, 3.8) is 0 Å². The van der Waals surface area contributed by atoms with Crippen LogP contribution < -0.4 is 15.9 Å². The molecule has 0 N–H and O–H groups in total. The number of hydrogen-bond donors (Lipinski definition) is 0. The Kier molecular flexibility index (Phi) is 6.14. The molecule has 0 unspecified atom stereocenters. The average Bonchev–Trinajstić information content (AvgIpc) is 2.75. The molecule has 0 aromatic heterocycles. The SMILES string of the molecule is Brc1cc(Br)cc(CP(Br)(c2ccccc2)(c2ccccc2)c2ccccc2)c1. The van der Waals surface area contributed by atoms with Crippen LogP contribution in [0.5, 0.6) is 0 Å². The Labute approximate surface area is 197 Å². The molecule has 4 heteroatoms. The molecular formula is C25H20Br3P. The molecule has 0 aliphatic rings. The second-order valence-electron chi connectivity index (χ2n) is 7.13. The third kappa shape index (κ3) is 3.91. The van der Waals surface area contributed by atoms with Gasteiger partial charge < -0.3 is 0 Å². The number of halogens is 3. The quantitative estimate of drug-likeness (QED) is 0.211. The molecule has 0 aliphatic heterocycles. The van der Waals surface area contributed by atoms with Gasteiger partial charge in [0.05, 0.1) is 0 Å². The first kappa shape index (κ1) is 21.0. The number of benzene rings is 4. The molecule has 146 valence electrons. The molecule has 0 spiro atoms. The van der Waals surface area contributed by atoms with Crippen molar-refractivity contribution in [1.29, 1.82) is 0 Å². The summed E-state index contributed by atoms with van der Waals surface area (Å²) >= 11 is 11.9. The Balaban J connectivity index is 2.09. The van der Waals surface area contributed by atoms with Crippen LogP contribution in [-0.2, 0) is 6.16 Å². The second kappa shape index (κ2) is 8.47. The predicted octanol–water partition coefficient (Wildman–Crippen LogP) is 7.55. The minimum absolute atomic E-state index is 0.877. The molecule has 4 aromatic rings. The molecule has 0 saturated heterocycles. The van der Waals surface area contributed by atoms with E-state index in [9.17, 15) is 0 Å². The van der Waals surface area contributed by atoms with E-state index in [0.717, 1.165) is 15.1 Å². The first-order valence-corrected chi connectivity index (χ1v) is 15.4. The van der Waals surface area contributed by atoms with Crippen molar-refractivity contribution in [3.8, 4) is 0 Å². The normalized spacial score (nSPS) is 12.9. The van der Waals surface area contributed by atoms with Crippen molar-refractivity contribution in [2.24, 2.45) is 0 Å². The molecular weight excluding hydrogens is 571 g/mol. The van der Waals surface area contributed by atoms with Gasteiger partial charge in [0.2, 0.25) is 0 Å². The van der Waals surface area contributed by atoms with Crippen LogP contribution in [0.3, 0.4) is 0 Å². The van der Waals surface area contributed by atoms with Crippen molar-refractivity contribution in [2.75, 3.05) is 0 Å². The van der Waals surface area contributed by atoms with Crippen molar-refractivity contribution >= 4 is 68.6 Å². The van der Waals surface area contributed by atoms with E-state index in [1.807, 2.05) is 0 Å². The van der Waals surface area contributed by atoms with Crippen LogP contribution in [0.1, 0.15) is 5.56 Å². The van der Waals surface area contributed by atoms with Crippen LogP contribution in [0, 0.1) is 0 Å². The van der Waals surface area contributed by atoms with E-state index in [1.165, 1.54) is 21.5 Å². The van der Waals surface area contributed by atoms with E-state index in [1.54, 1.807) is 0 Å². The van der Waals surface area contributed by atoms with E-state index in [2.05, 4.69) is 157 Å². The Bertz CT molecular complexity index is 993. The fourth-order valence-corrected chi connectivity index (χ4v) is 13.1. The summed E-state index contributed by atoms with van der Waals surface area (Å²) < 4.78 is 2.15. The molecule has 4 aromatic carbocycles. The first-order chi connectivity index (χ1) is 14.0. The average molecular weight is 591 g/mol. The van der Waals surface area contributed by atoms with Gasteiger partial charge in [-0.15, -0.1) is 0 Å². The Morgan fingerprint density at radius 2 is 0.862 bits per heavy atom. The van der Waals surface area contributed by atoms with Gasteiger partial charge in [-0.25, -0.2) is 0 Å². The molecule has 29 heavy (non-hydrogen) atoms. The van der Waals surface area contributed by atoms with Crippen LogP contribution >= 0.6 is 52.7 Å². The molecule has 0 fully saturated rings. The van der Waals surface area contributed by atoms with Crippen LogP contribution in [0.15, 0.2) is 118 Å². The monoisotopic (exact) mass is 588 g/mol. The predicted molar refractivity (Wildman–Crippen MR) is 140 cm³/mol. The summed E-state index contributed by atoms with van der Waals surface area (Å²) in [6, 6.07) is 39.2. The molecule has 0 nitrogen and oxygen atoms in total. The van der Waals surface area contributed by atoms with Crippen molar-refractivity contribution < 1.29 is 0 Å². The first-order valence-electron chi connectivity index (χ1n) is 9.35. The van der Waals surface area contributed by atoms with Crippen LogP contribution in [0.25, 0.3) is 0 Å². The molecule has 0 radical (unpaired) electrons. The van der Waals surface area contributed by atoms with E-state index in [4.69, 9.17) is 0 Å². The van der Waals surface area contributed by atoms with Crippen LogP contribution in [0.4, 0.5) is 0 Å². The maximum atomic E-state index is 4.50. The third-order valence-electron chi connectivity index (χ3n) is 5.29. The summed E-state index contributed by atoms with van der Waals surface area (Å²) in [6.45, 7) is 0. The molecule has 4 rings (SSSR count). The second-order valence-corrected chi connectivity index (χ2v) is 17.9. The zero-order chi connectivity index (χ0) is 20.3. The molecule has 0 bridgehead atoms. The minimum atomic E-state index is -2.96. The summed E-state index contributed by atoms with van der Waals surface area (Å²) in [5, 5.41) is 1.02.